The number of aryl methyl sites for hydroxylation is 1. The minimum absolute atomic E-state index is 0.102. The highest BCUT2D eigenvalue weighted by atomic mass is 19.1. The largest absolute Gasteiger partial charge is 0.479 e. The van der Waals surface area contributed by atoms with E-state index in [1.165, 1.54) is 17.9 Å². The van der Waals surface area contributed by atoms with Crippen molar-refractivity contribution in [2.24, 2.45) is 7.05 Å². The predicted octanol–water partition coefficient (Wildman–Crippen LogP) is 1.35. The zero-order valence-corrected chi connectivity index (χ0v) is 11.7. The van der Waals surface area contributed by atoms with Crippen LogP contribution in [-0.2, 0) is 7.05 Å². The van der Waals surface area contributed by atoms with E-state index in [2.05, 4.69) is 22.3 Å². The van der Waals surface area contributed by atoms with Gasteiger partial charge in [0, 0.05) is 13.2 Å². The van der Waals surface area contributed by atoms with E-state index < -0.39 is 0 Å². The monoisotopic (exact) mass is 287 g/mol. The van der Waals surface area contributed by atoms with Gasteiger partial charge < -0.3 is 10.1 Å². The van der Waals surface area contributed by atoms with Gasteiger partial charge in [-0.25, -0.2) is 4.39 Å². The third-order valence-electron chi connectivity index (χ3n) is 2.67. The minimum Gasteiger partial charge on any atom is -0.479 e. The molecule has 0 aliphatic rings. The highest BCUT2D eigenvalue weighted by molar-refractivity contribution is 5.96. The van der Waals surface area contributed by atoms with Crippen molar-refractivity contribution in [1.29, 1.82) is 0 Å². The molecule has 0 spiro atoms. The Morgan fingerprint density at radius 2 is 2.24 bits per heavy atom. The lowest BCUT2D eigenvalue weighted by Crippen LogP contribution is -2.23. The van der Waals surface area contributed by atoms with Crippen LogP contribution in [0, 0.1) is 17.7 Å². The van der Waals surface area contributed by atoms with Crippen molar-refractivity contribution in [2.75, 3.05) is 13.7 Å². The summed E-state index contributed by atoms with van der Waals surface area (Å²) in [4.78, 5) is 11.9. The molecule has 0 radical (unpaired) electrons. The van der Waals surface area contributed by atoms with Gasteiger partial charge in [-0.15, -0.1) is 5.10 Å². The summed E-state index contributed by atoms with van der Waals surface area (Å²) in [6.45, 7) is 0.102. The van der Waals surface area contributed by atoms with Gasteiger partial charge in [0.05, 0.1) is 19.2 Å². The first-order chi connectivity index (χ1) is 10.1. The third-order valence-corrected chi connectivity index (χ3v) is 2.67. The summed E-state index contributed by atoms with van der Waals surface area (Å²) in [5, 5.41) is 6.59. The van der Waals surface area contributed by atoms with Gasteiger partial charge in [0.15, 0.2) is 0 Å². The number of hydrogen-bond donors (Lipinski definition) is 1. The molecule has 0 unspecified atom stereocenters. The fourth-order valence-corrected chi connectivity index (χ4v) is 1.70. The molecule has 5 nitrogen and oxygen atoms in total. The highest BCUT2D eigenvalue weighted by Gasteiger charge is 2.15. The molecule has 1 aromatic carbocycles. The van der Waals surface area contributed by atoms with Gasteiger partial charge in [-0.3, -0.25) is 9.48 Å². The average molecular weight is 287 g/mol. The maximum absolute atomic E-state index is 13.3. The molecular weight excluding hydrogens is 273 g/mol. The predicted molar refractivity (Wildman–Crippen MR) is 75.4 cm³/mol. The number of nitrogens with one attached hydrogen (secondary N) is 1. The lowest BCUT2D eigenvalue weighted by molar-refractivity contribution is 0.0955. The Morgan fingerprint density at radius 3 is 2.95 bits per heavy atom. The SMILES string of the molecule is COc1nn(C)cc1C(=O)NCC#Cc1ccccc1F. The van der Waals surface area contributed by atoms with Crippen LogP contribution < -0.4 is 10.1 Å². The van der Waals surface area contributed by atoms with Crippen LogP contribution in [0.25, 0.3) is 0 Å². The van der Waals surface area contributed by atoms with Gasteiger partial charge in [-0.2, -0.15) is 0 Å². The summed E-state index contributed by atoms with van der Waals surface area (Å²) < 4.78 is 19.8. The number of ether oxygens (including phenoxy) is 1. The number of aromatic nitrogens is 2. The number of rotatable bonds is 3. The van der Waals surface area contributed by atoms with Crippen LogP contribution in [0.1, 0.15) is 15.9 Å². The Labute approximate surface area is 121 Å². The summed E-state index contributed by atoms with van der Waals surface area (Å²) in [6.07, 6.45) is 1.55. The zero-order valence-electron chi connectivity index (χ0n) is 11.7. The van der Waals surface area contributed by atoms with Crippen LogP contribution in [0.4, 0.5) is 4.39 Å². The number of benzene rings is 1. The number of carbonyl (C=O) groups is 1. The summed E-state index contributed by atoms with van der Waals surface area (Å²) in [5.74, 6) is 4.88. The molecule has 1 amide bonds. The first kappa shape index (κ1) is 14.6. The number of halogens is 1. The fraction of sp³-hybridized carbons (Fsp3) is 0.200. The molecule has 0 saturated heterocycles. The Hall–Kier alpha value is -2.81. The molecule has 2 aromatic rings. The Bertz CT molecular complexity index is 713. The molecule has 21 heavy (non-hydrogen) atoms. The summed E-state index contributed by atoms with van der Waals surface area (Å²) in [5.41, 5.74) is 0.624. The molecule has 6 heteroatoms. The van der Waals surface area contributed by atoms with Crippen LogP contribution in [0.15, 0.2) is 30.5 Å². The van der Waals surface area contributed by atoms with E-state index in [0.29, 0.717) is 11.1 Å². The van der Waals surface area contributed by atoms with Gasteiger partial charge in [0.25, 0.3) is 5.91 Å². The van der Waals surface area contributed by atoms with E-state index in [1.54, 1.807) is 31.4 Å². The first-order valence-electron chi connectivity index (χ1n) is 6.21. The number of carbonyl (C=O) groups excluding carboxylic acids is 1. The number of hydrogen-bond acceptors (Lipinski definition) is 3. The molecule has 0 bridgehead atoms. The van der Waals surface area contributed by atoms with E-state index in [4.69, 9.17) is 4.74 Å². The normalized spacial score (nSPS) is 9.67. The summed E-state index contributed by atoms with van der Waals surface area (Å²) >= 11 is 0. The van der Waals surface area contributed by atoms with Gasteiger partial charge in [0.2, 0.25) is 5.88 Å². The van der Waals surface area contributed by atoms with Crippen LogP contribution in [0.2, 0.25) is 0 Å². The summed E-state index contributed by atoms with van der Waals surface area (Å²) in [7, 11) is 3.13. The van der Waals surface area contributed by atoms with Gasteiger partial charge >= 0.3 is 0 Å². The number of methoxy groups -OCH3 is 1. The average Bonchev–Trinajstić information content (AvgIpc) is 2.86. The van der Waals surface area contributed by atoms with E-state index >= 15 is 0 Å². The molecule has 0 fully saturated rings. The Morgan fingerprint density at radius 1 is 1.48 bits per heavy atom. The lowest BCUT2D eigenvalue weighted by atomic mass is 10.2. The van der Waals surface area contributed by atoms with E-state index in [-0.39, 0.29) is 24.1 Å². The van der Waals surface area contributed by atoms with Crippen molar-refractivity contribution < 1.29 is 13.9 Å². The molecule has 0 atom stereocenters. The molecule has 1 aromatic heterocycles. The van der Waals surface area contributed by atoms with E-state index in [1.807, 2.05) is 0 Å². The van der Waals surface area contributed by atoms with E-state index in [0.717, 1.165) is 0 Å². The smallest absolute Gasteiger partial charge is 0.259 e. The van der Waals surface area contributed by atoms with Gasteiger partial charge in [0.1, 0.15) is 11.4 Å². The molecule has 0 aliphatic carbocycles. The lowest BCUT2D eigenvalue weighted by Gasteiger charge is -2.00. The van der Waals surface area contributed by atoms with Gasteiger partial charge in [-0.05, 0) is 12.1 Å². The standard InChI is InChI=1S/C15H14FN3O2/c1-19-10-12(15(18-19)21-2)14(20)17-9-5-7-11-6-3-4-8-13(11)16/h3-4,6,8,10H,9H2,1-2H3,(H,17,20). The molecule has 1 heterocycles. The van der Waals surface area contributed by atoms with Crippen molar-refractivity contribution in [1.82, 2.24) is 15.1 Å². The maximum atomic E-state index is 13.3. The van der Waals surface area contributed by atoms with Gasteiger partial charge in [-0.1, -0.05) is 24.0 Å². The maximum Gasteiger partial charge on any atom is 0.259 e. The van der Waals surface area contributed by atoms with Crippen LogP contribution in [0.3, 0.4) is 0 Å². The quantitative estimate of drug-likeness (QED) is 0.867. The first-order valence-corrected chi connectivity index (χ1v) is 6.21. The van der Waals surface area contributed by atoms with E-state index in [9.17, 15) is 9.18 Å². The second kappa shape index (κ2) is 6.57. The molecule has 0 aliphatic heterocycles. The second-order valence-electron chi connectivity index (χ2n) is 4.19. The van der Waals surface area contributed by atoms with Crippen molar-refractivity contribution in [2.45, 2.75) is 0 Å². The Kier molecular flexibility index (Phi) is 4.57. The highest BCUT2D eigenvalue weighted by Crippen LogP contribution is 2.13. The molecule has 2 rings (SSSR count). The number of nitrogens with zero attached hydrogens (tertiary/aromatic N) is 2. The minimum atomic E-state index is -0.384. The molecule has 108 valence electrons. The fourth-order valence-electron chi connectivity index (χ4n) is 1.70. The van der Waals surface area contributed by atoms with Crippen molar-refractivity contribution in [3.8, 4) is 17.7 Å². The zero-order chi connectivity index (χ0) is 15.2. The number of amides is 1. The topological polar surface area (TPSA) is 56.2 Å². The Balaban J connectivity index is 1.98. The third kappa shape index (κ3) is 3.60. The molecule has 1 N–H and O–H groups in total. The molecule has 0 saturated carbocycles. The van der Waals surface area contributed by atoms with Crippen molar-refractivity contribution in [3.63, 3.8) is 0 Å². The van der Waals surface area contributed by atoms with Crippen molar-refractivity contribution in [3.05, 3.63) is 47.4 Å². The van der Waals surface area contributed by atoms with Crippen LogP contribution in [0.5, 0.6) is 5.88 Å². The van der Waals surface area contributed by atoms with Crippen molar-refractivity contribution >= 4 is 5.91 Å². The van der Waals surface area contributed by atoms with Crippen LogP contribution in [-0.4, -0.2) is 29.3 Å². The van der Waals surface area contributed by atoms with Crippen LogP contribution >= 0.6 is 0 Å². The molecular formula is C15H14FN3O2. The second-order valence-corrected chi connectivity index (χ2v) is 4.19. The summed E-state index contributed by atoms with van der Waals surface area (Å²) in [6, 6.07) is 6.21.